The molecule has 186 valence electrons. The van der Waals surface area contributed by atoms with Crippen LogP contribution < -0.4 is 16.4 Å². The van der Waals surface area contributed by atoms with Crippen LogP contribution in [0.25, 0.3) is 11.2 Å². The Hall–Kier alpha value is -3.34. The number of nitrogens with zero attached hydrogens (tertiary/aromatic N) is 4. The predicted molar refractivity (Wildman–Crippen MR) is 127 cm³/mol. The Balaban J connectivity index is 1.51. The third-order valence-electron chi connectivity index (χ3n) is 7.08. The SMILES string of the molecule is NC(=O)[C@H]1CC[C@@H](n2c(Nc3c(F)cccc3F)nc3cnc(N[C@@H]4CCC[C@@H](O)C4)nc32)CC1. The van der Waals surface area contributed by atoms with Crippen LogP contribution >= 0.6 is 0 Å². The van der Waals surface area contributed by atoms with Gasteiger partial charge in [0.2, 0.25) is 17.8 Å². The summed E-state index contributed by atoms with van der Waals surface area (Å²) in [5, 5.41) is 16.1. The molecule has 0 bridgehead atoms. The lowest BCUT2D eigenvalue weighted by molar-refractivity contribution is -0.122. The molecule has 2 heterocycles. The van der Waals surface area contributed by atoms with Crippen LogP contribution in [0.3, 0.4) is 0 Å². The van der Waals surface area contributed by atoms with Crippen molar-refractivity contribution < 1.29 is 18.7 Å². The minimum atomic E-state index is -0.731. The number of benzene rings is 1. The first-order chi connectivity index (χ1) is 16.9. The number of carbonyl (C=O) groups excluding carboxylic acids is 1. The third kappa shape index (κ3) is 4.90. The predicted octanol–water partition coefficient (Wildman–Crippen LogP) is 3.78. The molecular formula is C24H29F2N7O2. The number of para-hydroxylation sites is 1. The zero-order valence-electron chi connectivity index (χ0n) is 19.3. The van der Waals surface area contributed by atoms with Crippen molar-refractivity contribution in [3.63, 3.8) is 0 Å². The monoisotopic (exact) mass is 485 g/mol. The van der Waals surface area contributed by atoms with Gasteiger partial charge in [0.1, 0.15) is 22.8 Å². The number of hydrogen-bond donors (Lipinski definition) is 4. The van der Waals surface area contributed by atoms with Crippen LogP contribution in [0.15, 0.2) is 24.4 Å². The molecule has 1 amide bonds. The summed E-state index contributed by atoms with van der Waals surface area (Å²) in [6, 6.07) is 3.62. The van der Waals surface area contributed by atoms with E-state index in [-0.39, 0.29) is 41.6 Å². The Kier molecular flexibility index (Phi) is 6.50. The second-order valence-corrected chi connectivity index (χ2v) is 9.50. The van der Waals surface area contributed by atoms with Gasteiger partial charge >= 0.3 is 0 Å². The average Bonchev–Trinajstić information content (AvgIpc) is 3.19. The maximum atomic E-state index is 14.4. The molecule has 2 saturated carbocycles. The van der Waals surface area contributed by atoms with E-state index in [0.717, 1.165) is 19.3 Å². The number of carbonyl (C=O) groups is 1. The Morgan fingerprint density at radius 2 is 1.83 bits per heavy atom. The van der Waals surface area contributed by atoms with Crippen molar-refractivity contribution in [1.29, 1.82) is 0 Å². The van der Waals surface area contributed by atoms with Crippen LogP contribution in [0.4, 0.5) is 26.4 Å². The Morgan fingerprint density at radius 1 is 1.09 bits per heavy atom. The zero-order valence-corrected chi connectivity index (χ0v) is 19.3. The first-order valence-corrected chi connectivity index (χ1v) is 12.1. The van der Waals surface area contributed by atoms with Crippen LogP contribution in [-0.2, 0) is 4.79 Å². The molecule has 0 radical (unpaired) electrons. The molecule has 2 aromatic heterocycles. The van der Waals surface area contributed by atoms with Gasteiger partial charge in [0.05, 0.1) is 12.3 Å². The summed E-state index contributed by atoms with van der Waals surface area (Å²) in [5.41, 5.74) is 6.22. The van der Waals surface area contributed by atoms with E-state index in [0.29, 0.717) is 49.2 Å². The summed E-state index contributed by atoms with van der Waals surface area (Å²) in [5.74, 6) is -1.30. The molecule has 11 heteroatoms. The molecule has 5 N–H and O–H groups in total. The number of nitrogens with two attached hydrogens (primary N) is 1. The Labute approximate surface area is 201 Å². The second kappa shape index (κ2) is 9.73. The highest BCUT2D eigenvalue weighted by molar-refractivity contribution is 5.78. The van der Waals surface area contributed by atoms with E-state index in [9.17, 15) is 18.7 Å². The summed E-state index contributed by atoms with van der Waals surface area (Å²) < 4.78 is 30.7. The van der Waals surface area contributed by atoms with E-state index in [1.165, 1.54) is 18.2 Å². The fourth-order valence-corrected chi connectivity index (χ4v) is 5.22. The van der Waals surface area contributed by atoms with Gasteiger partial charge in [-0.3, -0.25) is 9.36 Å². The number of imidazole rings is 1. The van der Waals surface area contributed by atoms with Gasteiger partial charge in [-0.1, -0.05) is 6.07 Å². The molecule has 0 saturated heterocycles. The zero-order chi connectivity index (χ0) is 24.5. The van der Waals surface area contributed by atoms with Crippen molar-refractivity contribution in [2.24, 2.45) is 11.7 Å². The van der Waals surface area contributed by atoms with Crippen LogP contribution in [-0.4, -0.2) is 42.7 Å². The smallest absolute Gasteiger partial charge is 0.224 e. The number of rotatable bonds is 6. The molecule has 3 aromatic rings. The van der Waals surface area contributed by atoms with E-state index in [4.69, 9.17) is 10.7 Å². The highest BCUT2D eigenvalue weighted by atomic mass is 19.1. The number of fused-ring (bicyclic) bond motifs is 1. The largest absolute Gasteiger partial charge is 0.393 e. The fraction of sp³-hybridized carbons (Fsp3) is 0.500. The Morgan fingerprint density at radius 3 is 2.51 bits per heavy atom. The van der Waals surface area contributed by atoms with Crippen molar-refractivity contribution in [3.05, 3.63) is 36.0 Å². The van der Waals surface area contributed by atoms with Crippen molar-refractivity contribution >= 4 is 34.7 Å². The number of aliphatic hydroxyl groups excluding tert-OH is 1. The lowest BCUT2D eigenvalue weighted by atomic mass is 9.85. The van der Waals surface area contributed by atoms with Gasteiger partial charge in [-0.25, -0.2) is 18.7 Å². The second-order valence-electron chi connectivity index (χ2n) is 9.50. The fourth-order valence-electron chi connectivity index (χ4n) is 5.22. The quantitative estimate of drug-likeness (QED) is 0.418. The van der Waals surface area contributed by atoms with Crippen molar-refractivity contribution in [2.45, 2.75) is 69.6 Å². The number of primary amides is 1. The molecule has 0 aliphatic heterocycles. The van der Waals surface area contributed by atoms with Crippen LogP contribution in [0.5, 0.6) is 0 Å². The molecular weight excluding hydrogens is 456 g/mol. The molecule has 2 fully saturated rings. The average molecular weight is 486 g/mol. The van der Waals surface area contributed by atoms with E-state index in [2.05, 4.69) is 20.6 Å². The van der Waals surface area contributed by atoms with Crippen molar-refractivity contribution in [2.75, 3.05) is 10.6 Å². The normalized spacial score (nSPS) is 24.9. The number of aliphatic hydroxyl groups is 1. The Bertz CT molecular complexity index is 1210. The number of aromatic nitrogens is 4. The van der Waals surface area contributed by atoms with E-state index in [1.54, 1.807) is 6.20 Å². The molecule has 0 spiro atoms. The van der Waals surface area contributed by atoms with Crippen LogP contribution in [0, 0.1) is 17.6 Å². The standard InChI is InChI=1S/C24H29F2N7O2/c25-17-5-2-6-18(26)20(17)31-24-30-19-12-28-23(29-14-3-1-4-16(34)11-14)32-22(19)33(24)15-9-7-13(8-10-15)21(27)35/h2,5-6,12-16,34H,1,3-4,7-11H2,(H2,27,35)(H,30,31)(H,28,29,32)/t13-,14-,15+,16-/m1/s1. The highest BCUT2D eigenvalue weighted by Gasteiger charge is 2.30. The minimum Gasteiger partial charge on any atom is -0.393 e. The summed E-state index contributed by atoms with van der Waals surface area (Å²) in [6.07, 6.45) is 7.01. The topological polar surface area (TPSA) is 131 Å². The maximum Gasteiger partial charge on any atom is 0.224 e. The number of halogens is 2. The summed E-state index contributed by atoms with van der Waals surface area (Å²) in [6.45, 7) is 0. The van der Waals surface area contributed by atoms with Crippen molar-refractivity contribution in [3.8, 4) is 0 Å². The molecule has 2 atom stereocenters. The first-order valence-electron chi connectivity index (χ1n) is 12.1. The molecule has 2 aliphatic rings. The van der Waals surface area contributed by atoms with Gasteiger partial charge in [-0.2, -0.15) is 4.98 Å². The number of anilines is 3. The van der Waals surface area contributed by atoms with Gasteiger partial charge in [-0.05, 0) is 63.5 Å². The number of nitrogens with one attached hydrogen (secondary N) is 2. The summed E-state index contributed by atoms with van der Waals surface area (Å²) in [4.78, 5) is 25.3. The van der Waals surface area contributed by atoms with Gasteiger partial charge < -0.3 is 21.5 Å². The van der Waals surface area contributed by atoms with Crippen molar-refractivity contribution in [1.82, 2.24) is 19.5 Å². The van der Waals surface area contributed by atoms with Gasteiger partial charge in [0.15, 0.2) is 5.65 Å². The molecule has 1 aromatic carbocycles. The number of amides is 1. The molecule has 0 unspecified atom stereocenters. The summed E-state index contributed by atoms with van der Waals surface area (Å²) in [7, 11) is 0. The van der Waals surface area contributed by atoms with Gasteiger partial charge in [0.25, 0.3) is 0 Å². The summed E-state index contributed by atoms with van der Waals surface area (Å²) >= 11 is 0. The minimum absolute atomic E-state index is 0.0590. The lowest BCUT2D eigenvalue weighted by Crippen LogP contribution is -2.30. The van der Waals surface area contributed by atoms with E-state index < -0.39 is 11.6 Å². The molecule has 9 nitrogen and oxygen atoms in total. The molecule has 5 rings (SSSR count). The lowest BCUT2D eigenvalue weighted by Gasteiger charge is -2.29. The molecule has 35 heavy (non-hydrogen) atoms. The maximum absolute atomic E-state index is 14.4. The first kappa shape index (κ1) is 23.4. The molecule has 2 aliphatic carbocycles. The van der Waals surface area contributed by atoms with Crippen LogP contribution in [0.1, 0.15) is 57.4 Å². The highest BCUT2D eigenvalue weighted by Crippen LogP contribution is 2.37. The van der Waals surface area contributed by atoms with Gasteiger partial charge in [-0.15, -0.1) is 0 Å². The van der Waals surface area contributed by atoms with E-state index >= 15 is 0 Å². The van der Waals surface area contributed by atoms with Gasteiger partial charge in [0, 0.05) is 18.0 Å². The van der Waals surface area contributed by atoms with E-state index in [1.807, 2.05) is 4.57 Å². The number of hydrogen-bond acceptors (Lipinski definition) is 7. The van der Waals surface area contributed by atoms with Crippen LogP contribution in [0.2, 0.25) is 0 Å². The third-order valence-corrected chi connectivity index (χ3v) is 7.08.